The van der Waals surface area contributed by atoms with Crippen LogP contribution < -0.4 is 10.2 Å². The number of hydrogen-bond donors (Lipinski definition) is 1. The number of carbonyl (C=O) groups is 4. The number of piperidine rings is 1. The van der Waals surface area contributed by atoms with Crippen LogP contribution in [-0.2, 0) is 16.1 Å². The second kappa shape index (κ2) is 8.51. The Bertz CT molecular complexity index is 1210. The molecule has 3 aliphatic rings. The summed E-state index contributed by atoms with van der Waals surface area (Å²) in [6.07, 6.45) is 0.379. The van der Waals surface area contributed by atoms with Crippen molar-refractivity contribution in [3.05, 3.63) is 64.7 Å². The van der Waals surface area contributed by atoms with Crippen molar-refractivity contribution >= 4 is 29.3 Å². The lowest BCUT2D eigenvalue weighted by Gasteiger charge is -2.36. The summed E-state index contributed by atoms with van der Waals surface area (Å²) in [6, 6.07) is 7.84. The van der Waals surface area contributed by atoms with E-state index in [0.29, 0.717) is 37.4 Å². The van der Waals surface area contributed by atoms with Crippen molar-refractivity contribution in [2.24, 2.45) is 0 Å². The van der Waals surface area contributed by atoms with Gasteiger partial charge in [0.05, 0.1) is 11.3 Å². The molecule has 0 saturated carbocycles. The average molecular weight is 468 g/mol. The van der Waals surface area contributed by atoms with Crippen molar-refractivity contribution in [2.45, 2.75) is 25.4 Å². The van der Waals surface area contributed by atoms with Crippen LogP contribution in [0.2, 0.25) is 0 Å². The lowest BCUT2D eigenvalue weighted by molar-refractivity contribution is -0.136. The van der Waals surface area contributed by atoms with Crippen molar-refractivity contribution in [2.75, 3.05) is 31.1 Å². The van der Waals surface area contributed by atoms with Gasteiger partial charge in [0.2, 0.25) is 11.8 Å². The van der Waals surface area contributed by atoms with Gasteiger partial charge in [0, 0.05) is 44.7 Å². The third kappa shape index (κ3) is 3.78. The largest absolute Gasteiger partial charge is 0.366 e. The van der Waals surface area contributed by atoms with Crippen LogP contribution in [0.5, 0.6) is 0 Å². The van der Waals surface area contributed by atoms with Crippen LogP contribution in [-0.4, -0.2) is 65.6 Å². The predicted molar refractivity (Wildman–Crippen MR) is 117 cm³/mol. The van der Waals surface area contributed by atoms with E-state index in [4.69, 9.17) is 0 Å². The summed E-state index contributed by atoms with van der Waals surface area (Å²) in [7, 11) is 0. The smallest absolute Gasteiger partial charge is 0.256 e. The molecule has 3 aliphatic heterocycles. The van der Waals surface area contributed by atoms with E-state index in [9.17, 15) is 23.6 Å². The topological polar surface area (TPSA) is 90.0 Å². The van der Waals surface area contributed by atoms with Crippen LogP contribution in [0.15, 0.2) is 36.4 Å². The molecule has 1 N–H and O–H groups in total. The zero-order valence-corrected chi connectivity index (χ0v) is 18.2. The molecule has 2 aromatic rings. The molecular formula is C24H22F2N4O4. The maximum atomic E-state index is 15.0. The number of fused-ring (bicyclic) bond motifs is 1. The Hall–Kier alpha value is -3.82. The Labute approximate surface area is 194 Å². The second-order valence-electron chi connectivity index (χ2n) is 8.62. The van der Waals surface area contributed by atoms with Gasteiger partial charge in [-0.3, -0.25) is 24.5 Å². The summed E-state index contributed by atoms with van der Waals surface area (Å²) >= 11 is 0. The van der Waals surface area contributed by atoms with Crippen LogP contribution in [0.4, 0.5) is 14.5 Å². The minimum absolute atomic E-state index is 0.00622. The van der Waals surface area contributed by atoms with Gasteiger partial charge in [-0.05, 0) is 36.2 Å². The van der Waals surface area contributed by atoms with Gasteiger partial charge in [-0.1, -0.05) is 12.1 Å². The van der Waals surface area contributed by atoms with Crippen LogP contribution in [0, 0.1) is 11.6 Å². The van der Waals surface area contributed by atoms with Gasteiger partial charge >= 0.3 is 0 Å². The molecule has 4 amide bonds. The first-order chi connectivity index (χ1) is 16.3. The standard InChI is InChI=1S/C24H22F2N4O4/c25-17-4-2-1-3-15(17)23(33)29-9-7-28(8-10-29)20-11-14-13-30(24(34)16(14)12-18(20)26)19-5-6-21(31)27-22(19)32/h1-4,11-12,19H,5-10,13H2,(H,27,31,32). The van der Waals surface area contributed by atoms with E-state index in [1.807, 2.05) is 0 Å². The molecule has 0 aromatic heterocycles. The Kier molecular flexibility index (Phi) is 5.51. The lowest BCUT2D eigenvalue weighted by atomic mass is 10.0. The van der Waals surface area contributed by atoms with E-state index in [0.717, 1.165) is 0 Å². The van der Waals surface area contributed by atoms with E-state index in [2.05, 4.69) is 5.32 Å². The Morgan fingerprint density at radius 2 is 1.71 bits per heavy atom. The SMILES string of the molecule is O=C1CCC(N2Cc3cc(N4CCN(C(=O)c5ccccc5F)CC4)c(F)cc3C2=O)C(=O)N1. The molecule has 176 valence electrons. The highest BCUT2D eigenvalue weighted by Gasteiger charge is 2.40. The van der Waals surface area contributed by atoms with E-state index < -0.39 is 35.4 Å². The Morgan fingerprint density at radius 1 is 0.971 bits per heavy atom. The number of piperazine rings is 1. The van der Waals surface area contributed by atoms with Gasteiger partial charge in [0.1, 0.15) is 17.7 Å². The number of carbonyl (C=O) groups excluding carboxylic acids is 4. The van der Waals surface area contributed by atoms with Crippen LogP contribution in [0.3, 0.4) is 0 Å². The molecule has 1 unspecified atom stereocenters. The monoisotopic (exact) mass is 468 g/mol. The summed E-state index contributed by atoms with van der Waals surface area (Å²) in [5, 5.41) is 2.25. The minimum atomic E-state index is -0.767. The van der Waals surface area contributed by atoms with Gasteiger partial charge in [-0.15, -0.1) is 0 Å². The number of nitrogens with one attached hydrogen (secondary N) is 1. The van der Waals surface area contributed by atoms with Gasteiger partial charge in [-0.2, -0.15) is 0 Å². The van der Waals surface area contributed by atoms with Crippen molar-refractivity contribution in [3.63, 3.8) is 0 Å². The number of halogens is 2. The van der Waals surface area contributed by atoms with Crippen LogP contribution >= 0.6 is 0 Å². The highest BCUT2D eigenvalue weighted by molar-refractivity contribution is 6.05. The Balaban J connectivity index is 1.30. The molecule has 0 aliphatic carbocycles. The molecule has 34 heavy (non-hydrogen) atoms. The number of benzene rings is 2. The summed E-state index contributed by atoms with van der Waals surface area (Å²) in [5.74, 6) is -2.87. The number of anilines is 1. The first kappa shape index (κ1) is 22.0. The third-order valence-electron chi connectivity index (χ3n) is 6.60. The Morgan fingerprint density at radius 3 is 2.41 bits per heavy atom. The molecule has 5 rings (SSSR count). The number of hydrogen-bond acceptors (Lipinski definition) is 5. The van der Waals surface area contributed by atoms with Gasteiger partial charge in [-0.25, -0.2) is 8.78 Å². The van der Waals surface area contributed by atoms with E-state index in [-0.39, 0.29) is 36.4 Å². The normalized spacial score (nSPS) is 20.5. The molecule has 2 saturated heterocycles. The number of imide groups is 1. The van der Waals surface area contributed by atoms with Crippen LogP contribution in [0.1, 0.15) is 39.1 Å². The highest BCUT2D eigenvalue weighted by Crippen LogP contribution is 2.33. The molecular weight excluding hydrogens is 446 g/mol. The molecule has 1 atom stereocenters. The summed E-state index contributed by atoms with van der Waals surface area (Å²) < 4.78 is 29.0. The summed E-state index contributed by atoms with van der Waals surface area (Å²) in [5.41, 5.74) is 1.14. The molecule has 2 fully saturated rings. The van der Waals surface area contributed by atoms with Gasteiger partial charge in [0.15, 0.2) is 0 Å². The van der Waals surface area contributed by atoms with Crippen molar-refractivity contribution in [1.82, 2.24) is 15.1 Å². The first-order valence-electron chi connectivity index (χ1n) is 11.1. The maximum absolute atomic E-state index is 15.0. The second-order valence-corrected chi connectivity index (χ2v) is 8.62. The zero-order chi connectivity index (χ0) is 24.0. The molecule has 10 heteroatoms. The molecule has 8 nitrogen and oxygen atoms in total. The molecule has 3 heterocycles. The number of amides is 4. The van der Waals surface area contributed by atoms with Crippen molar-refractivity contribution in [1.29, 1.82) is 0 Å². The minimum Gasteiger partial charge on any atom is -0.366 e. The van der Waals surface area contributed by atoms with Gasteiger partial charge < -0.3 is 14.7 Å². The van der Waals surface area contributed by atoms with E-state index in [1.54, 1.807) is 17.0 Å². The predicted octanol–water partition coefficient (Wildman–Crippen LogP) is 1.69. The fraction of sp³-hybridized carbons (Fsp3) is 0.333. The van der Waals surface area contributed by atoms with E-state index >= 15 is 4.39 Å². The zero-order valence-electron chi connectivity index (χ0n) is 18.2. The van der Waals surface area contributed by atoms with Crippen molar-refractivity contribution < 1.29 is 28.0 Å². The maximum Gasteiger partial charge on any atom is 0.256 e. The van der Waals surface area contributed by atoms with Crippen LogP contribution in [0.25, 0.3) is 0 Å². The molecule has 2 aromatic carbocycles. The summed E-state index contributed by atoms with van der Waals surface area (Å²) in [4.78, 5) is 53.8. The fourth-order valence-electron chi connectivity index (χ4n) is 4.77. The third-order valence-corrected chi connectivity index (χ3v) is 6.60. The van der Waals surface area contributed by atoms with E-state index in [1.165, 1.54) is 34.1 Å². The summed E-state index contributed by atoms with van der Waals surface area (Å²) in [6.45, 7) is 1.44. The molecule has 0 radical (unpaired) electrons. The quantitative estimate of drug-likeness (QED) is 0.693. The first-order valence-corrected chi connectivity index (χ1v) is 11.1. The highest BCUT2D eigenvalue weighted by atomic mass is 19.1. The van der Waals surface area contributed by atoms with Gasteiger partial charge in [0.25, 0.3) is 11.8 Å². The average Bonchev–Trinajstić information content (AvgIpc) is 3.14. The lowest BCUT2D eigenvalue weighted by Crippen LogP contribution is -2.52. The number of rotatable bonds is 3. The fourth-order valence-corrected chi connectivity index (χ4v) is 4.77. The van der Waals surface area contributed by atoms with Crippen molar-refractivity contribution in [3.8, 4) is 0 Å². The molecule has 0 spiro atoms. The number of nitrogens with zero attached hydrogens (tertiary/aromatic N) is 3. The molecule has 0 bridgehead atoms.